The van der Waals surface area contributed by atoms with E-state index in [4.69, 9.17) is 4.42 Å². The van der Waals surface area contributed by atoms with Crippen LogP contribution in [0.4, 0.5) is 0 Å². The zero-order valence-corrected chi connectivity index (χ0v) is 11.7. The largest absolute Gasteiger partial charge is 0.456 e. The Morgan fingerprint density at radius 1 is 0.800 bits per heavy atom. The highest BCUT2D eigenvalue weighted by molar-refractivity contribution is 6.10. The van der Waals surface area contributed by atoms with Gasteiger partial charge in [0.15, 0.2) is 0 Å². The summed E-state index contributed by atoms with van der Waals surface area (Å²) < 4.78 is 6.01. The number of furan rings is 1. The highest BCUT2D eigenvalue weighted by Crippen LogP contribution is 2.32. The van der Waals surface area contributed by atoms with Gasteiger partial charge in [-0.3, -0.25) is 0 Å². The van der Waals surface area contributed by atoms with Gasteiger partial charge in [-0.25, -0.2) is 0 Å². The summed E-state index contributed by atoms with van der Waals surface area (Å²) in [5, 5.41) is 4.94. The molecule has 0 saturated carbocycles. The predicted octanol–water partition coefficient (Wildman–Crippen LogP) is 5.61. The lowest BCUT2D eigenvalue weighted by molar-refractivity contribution is 0.669. The summed E-state index contributed by atoms with van der Waals surface area (Å²) in [5.74, 6) is 0. The van der Waals surface area contributed by atoms with Gasteiger partial charge in [0.25, 0.3) is 0 Å². The molecule has 0 bridgehead atoms. The van der Waals surface area contributed by atoms with Gasteiger partial charge in [0.2, 0.25) is 0 Å². The van der Waals surface area contributed by atoms with Crippen LogP contribution in [0.15, 0.2) is 52.9 Å². The third kappa shape index (κ3) is 1.63. The van der Waals surface area contributed by atoms with Gasteiger partial charge in [-0.2, -0.15) is 0 Å². The highest BCUT2D eigenvalue weighted by atomic mass is 16.3. The zero-order chi connectivity index (χ0) is 13.7. The standard InChI is InChI=1S/C19H16O/c1-3-13-5-6-14-10-17-16-7-4-12(2)8-18(16)20-19(17)11-15(14)9-13/h4-11H,3H2,1-2H3. The molecule has 0 unspecified atom stereocenters. The summed E-state index contributed by atoms with van der Waals surface area (Å²) in [4.78, 5) is 0. The molecule has 4 rings (SSSR count). The van der Waals surface area contributed by atoms with E-state index >= 15 is 0 Å². The fourth-order valence-corrected chi connectivity index (χ4v) is 2.90. The summed E-state index contributed by atoms with van der Waals surface area (Å²) in [5.41, 5.74) is 4.55. The van der Waals surface area contributed by atoms with E-state index in [1.807, 2.05) is 0 Å². The van der Waals surface area contributed by atoms with Gasteiger partial charge in [-0.1, -0.05) is 37.3 Å². The maximum atomic E-state index is 6.01. The van der Waals surface area contributed by atoms with E-state index in [-0.39, 0.29) is 0 Å². The molecular formula is C19H16O. The van der Waals surface area contributed by atoms with E-state index in [1.54, 1.807) is 0 Å². The molecule has 0 aliphatic carbocycles. The van der Waals surface area contributed by atoms with Crippen molar-refractivity contribution >= 4 is 32.7 Å². The Kier molecular flexibility index (Phi) is 2.37. The van der Waals surface area contributed by atoms with Crippen molar-refractivity contribution in [2.75, 3.05) is 0 Å². The average Bonchev–Trinajstić information content (AvgIpc) is 2.80. The van der Waals surface area contributed by atoms with Gasteiger partial charge in [0.05, 0.1) is 0 Å². The molecule has 0 spiro atoms. The first-order chi connectivity index (χ1) is 9.74. The van der Waals surface area contributed by atoms with E-state index in [0.29, 0.717) is 0 Å². The maximum Gasteiger partial charge on any atom is 0.136 e. The maximum absolute atomic E-state index is 6.01. The molecule has 0 fully saturated rings. The number of fused-ring (bicyclic) bond motifs is 4. The molecule has 1 aromatic heterocycles. The summed E-state index contributed by atoms with van der Waals surface area (Å²) in [6.45, 7) is 4.28. The molecule has 1 heterocycles. The lowest BCUT2D eigenvalue weighted by Crippen LogP contribution is -1.80. The fraction of sp³-hybridized carbons (Fsp3) is 0.158. The summed E-state index contributed by atoms with van der Waals surface area (Å²) in [7, 11) is 0. The Hall–Kier alpha value is -2.28. The van der Waals surface area contributed by atoms with Crippen molar-refractivity contribution in [3.05, 3.63) is 59.7 Å². The molecule has 0 N–H and O–H groups in total. The second-order valence-corrected chi connectivity index (χ2v) is 5.49. The SMILES string of the molecule is CCc1ccc2cc3c(cc2c1)oc1cc(C)ccc13. The molecule has 98 valence electrons. The van der Waals surface area contributed by atoms with Crippen molar-refractivity contribution in [3.8, 4) is 0 Å². The Bertz CT molecular complexity index is 944. The van der Waals surface area contributed by atoms with Crippen LogP contribution in [0.5, 0.6) is 0 Å². The first kappa shape index (κ1) is 11.5. The van der Waals surface area contributed by atoms with E-state index in [0.717, 1.165) is 17.6 Å². The van der Waals surface area contributed by atoms with Gasteiger partial charge in [-0.15, -0.1) is 0 Å². The van der Waals surface area contributed by atoms with Crippen LogP contribution in [0, 0.1) is 6.92 Å². The minimum atomic E-state index is 0.978. The normalized spacial score (nSPS) is 11.7. The molecule has 0 radical (unpaired) electrons. The summed E-state index contributed by atoms with van der Waals surface area (Å²) in [6, 6.07) is 17.5. The van der Waals surface area contributed by atoms with E-state index in [9.17, 15) is 0 Å². The van der Waals surface area contributed by atoms with Crippen LogP contribution in [0.3, 0.4) is 0 Å². The van der Waals surface area contributed by atoms with Crippen LogP contribution < -0.4 is 0 Å². The van der Waals surface area contributed by atoms with Gasteiger partial charge in [0.1, 0.15) is 11.2 Å². The summed E-state index contributed by atoms with van der Waals surface area (Å²) in [6.07, 6.45) is 1.06. The van der Waals surface area contributed by atoms with Gasteiger partial charge < -0.3 is 4.42 Å². The van der Waals surface area contributed by atoms with Gasteiger partial charge in [0, 0.05) is 10.8 Å². The number of rotatable bonds is 1. The fourth-order valence-electron chi connectivity index (χ4n) is 2.90. The molecule has 0 aliphatic heterocycles. The molecule has 0 saturated heterocycles. The molecule has 0 amide bonds. The molecule has 1 heteroatoms. The number of aryl methyl sites for hydroxylation is 2. The molecular weight excluding hydrogens is 244 g/mol. The molecule has 4 aromatic rings. The molecule has 1 nitrogen and oxygen atoms in total. The topological polar surface area (TPSA) is 13.1 Å². The van der Waals surface area contributed by atoms with Gasteiger partial charge >= 0.3 is 0 Å². The smallest absolute Gasteiger partial charge is 0.136 e. The Labute approximate surface area is 117 Å². The van der Waals surface area contributed by atoms with Crippen LogP contribution in [-0.2, 0) is 6.42 Å². The number of hydrogen-bond acceptors (Lipinski definition) is 1. The molecule has 20 heavy (non-hydrogen) atoms. The molecule has 0 atom stereocenters. The van der Waals surface area contributed by atoms with E-state index in [2.05, 4.69) is 62.4 Å². The summed E-state index contributed by atoms with van der Waals surface area (Å²) >= 11 is 0. The van der Waals surface area contributed by atoms with Crippen molar-refractivity contribution in [3.63, 3.8) is 0 Å². The van der Waals surface area contributed by atoms with E-state index < -0.39 is 0 Å². The predicted molar refractivity (Wildman–Crippen MR) is 85.3 cm³/mol. The van der Waals surface area contributed by atoms with Gasteiger partial charge in [-0.05, 0) is 53.4 Å². The van der Waals surface area contributed by atoms with Crippen LogP contribution in [0.25, 0.3) is 32.7 Å². The molecule has 3 aromatic carbocycles. The monoisotopic (exact) mass is 260 g/mol. The minimum absolute atomic E-state index is 0.978. The second-order valence-electron chi connectivity index (χ2n) is 5.49. The Balaban J connectivity index is 2.12. The van der Waals surface area contributed by atoms with Crippen molar-refractivity contribution in [2.24, 2.45) is 0 Å². The van der Waals surface area contributed by atoms with Crippen molar-refractivity contribution in [1.82, 2.24) is 0 Å². The lowest BCUT2D eigenvalue weighted by atomic mass is 10.0. The van der Waals surface area contributed by atoms with Crippen molar-refractivity contribution < 1.29 is 4.42 Å². The Morgan fingerprint density at radius 2 is 1.65 bits per heavy atom. The van der Waals surface area contributed by atoms with Crippen molar-refractivity contribution in [2.45, 2.75) is 20.3 Å². The van der Waals surface area contributed by atoms with Crippen LogP contribution in [-0.4, -0.2) is 0 Å². The zero-order valence-electron chi connectivity index (χ0n) is 11.7. The molecule has 0 aliphatic rings. The van der Waals surface area contributed by atoms with Crippen LogP contribution >= 0.6 is 0 Å². The Morgan fingerprint density at radius 3 is 2.50 bits per heavy atom. The van der Waals surface area contributed by atoms with E-state index in [1.165, 1.54) is 32.7 Å². The second kappa shape index (κ2) is 4.11. The van der Waals surface area contributed by atoms with Crippen LogP contribution in [0.2, 0.25) is 0 Å². The number of hydrogen-bond donors (Lipinski definition) is 0. The first-order valence-corrected chi connectivity index (χ1v) is 7.10. The number of benzene rings is 3. The first-order valence-electron chi connectivity index (χ1n) is 7.10. The third-order valence-corrected chi connectivity index (χ3v) is 4.06. The quantitative estimate of drug-likeness (QED) is 0.433. The van der Waals surface area contributed by atoms with Crippen molar-refractivity contribution in [1.29, 1.82) is 0 Å². The van der Waals surface area contributed by atoms with Crippen LogP contribution in [0.1, 0.15) is 18.1 Å². The lowest BCUT2D eigenvalue weighted by Gasteiger charge is -2.01. The average molecular weight is 260 g/mol. The highest BCUT2D eigenvalue weighted by Gasteiger charge is 2.08. The minimum Gasteiger partial charge on any atom is -0.456 e. The third-order valence-electron chi connectivity index (χ3n) is 4.06.